The molecule has 5 nitrogen and oxygen atoms in total. The third kappa shape index (κ3) is 13.2. The number of aromatic nitrogens is 5. The molecule has 9 aromatic carbocycles. The van der Waals surface area contributed by atoms with E-state index in [1.165, 1.54) is 13.8 Å². The van der Waals surface area contributed by atoms with Crippen LogP contribution < -0.4 is 0 Å². The standard InChI is InChI=1S/C68H32F27N5/c1-29-96-30(2)98-59(97-29)39-23-56(99-52-19-31(35-11-40(60(69,70)71)25-41(12-35)61(72,73)74)3-7-48(52)49-8-4-32(20-53(49)99)36-13-42(62(75,76)77)26-43(14-36)63(78,79)80)58(68(93,94)95)57(24-39)100-54-21-33(37-15-44(64(81,82)83)27-45(16-37)65(84,85)86)5-9-50(54)51-10-6-34(22-55(51)100)38-17-46(66(87,88)89)28-47(18-38)67(90,91)92/h3-28H,1-2H3. The first-order valence-electron chi connectivity index (χ1n) is 28.3. The summed E-state index contributed by atoms with van der Waals surface area (Å²) in [5.74, 6) is -0.940. The second kappa shape index (κ2) is 23.1. The van der Waals surface area contributed by atoms with E-state index in [0.29, 0.717) is 21.3 Å². The lowest BCUT2D eigenvalue weighted by molar-refractivity contribution is -0.144. The van der Waals surface area contributed by atoms with Gasteiger partial charge in [0.1, 0.15) is 17.2 Å². The topological polar surface area (TPSA) is 48.5 Å². The Morgan fingerprint density at radius 3 is 0.620 bits per heavy atom. The predicted octanol–water partition coefficient (Wildman–Crippen LogP) is 24.2. The summed E-state index contributed by atoms with van der Waals surface area (Å²) in [6.45, 7) is 2.50. The van der Waals surface area contributed by atoms with E-state index >= 15 is 13.2 Å². The van der Waals surface area contributed by atoms with Crippen molar-refractivity contribution in [2.24, 2.45) is 0 Å². The van der Waals surface area contributed by atoms with E-state index in [0.717, 1.165) is 72.8 Å². The monoisotopic (exact) mass is 1430 g/mol. The second-order valence-electron chi connectivity index (χ2n) is 22.9. The molecule has 0 saturated heterocycles. The molecule has 0 unspecified atom stereocenters. The average Bonchev–Trinajstić information content (AvgIpc) is 1.60. The normalized spacial score (nSPS) is 13.4. The lowest BCUT2D eigenvalue weighted by atomic mass is 9.97. The quantitative estimate of drug-likeness (QED) is 0.149. The molecule has 0 N–H and O–H groups in total. The summed E-state index contributed by atoms with van der Waals surface area (Å²) < 4.78 is 401. The van der Waals surface area contributed by atoms with Crippen LogP contribution in [0, 0.1) is 13.8 Å². The van der Waals surface area contributed by atoms with E-state index in [1.807, 2.05) is 0 Å². The summed E-state index contributed by atoms with van der Waals surface area (Å²) >= 11 is 0. The van der Waals surface area contributed by atoms with Gasteiger partial charge in [-0.1, -0.05) is 48.5 Å². The summed E-state index contributed by atoms with van der Waals surface area (Å²) in [5, 5.41) is -1.20. The van der Waals surface area contributed by atoms with E-state index in [-0.39, 0.29) is 106 Å². The van der Waals surface area contributed by atoms with Gasteiger partial charge in [0.2, 0.25) is 0 Å². The summed E-state index contributed by atoms with van der Waals surface area (Å²) in [7, 11) is 0. The number of alkyl halides is 27. The molecule has 3 heterocycles. The van der Waals surface area contributed by atoms with Crippen molar-refractivity contribution in [1.82, 2.24) is 24.1 Å². The van der Waals surface area contributed by atoms with Gasteiger partial charge < -0.3 is 9.13 Å². The second-order valence-corrected chi connectivity index (χ2v) is 22.9. The highest BCUT2D eigenvalue weighted by Gasteiger charge is 2.44. The van der Waals surface area contributed by atoms with Crippen molar-refractivity contribution in [2.45, 2.75) is 69.4 Å². The number of hydrogen-bond donors (Lipinski definition) is 0. The highest BCUT2D eigenvalue weighted by atomic mass is 19.4. The maximum Gasteiger partial charge on any atom is 0.420 e. The smallest absolute Gasteiger partial charge is 0.308 e. The Morgan fingerprint density at radius 2 is 0.430 bits per heavy atom. The highest BCUT2D eigenvalue weighted by molar-refractivity contribution is 6.13. The molecule has 0 amide bonds. The van der Waals surface area contributed by atoms with Gasteiger partial charge in [-0.2, -0.15) is 119 Å². The molecular formula is C68H32F27N5. The van der Waals surface area contributed by atoms with Crippen LogP contribution in [0.2, 0.25) is 0 Å². The molecule has 518 valence electrons. The Bertz CT molecular complexity index is 4610. The van der Waals surface area contributed by atoms with Crippen LogP contribution >= 0.6 is 0 Å². The number of benzene rings is 9. The van der Waals surface area contributed by atoms with Crippen LogP contribution in [0.5, 0.6) is 0 Å². The van der Waals surface area contributed by atoms with Gasteiger partial charge in [-0.05, 0) is 168 Å². The van der Waals surface area contributed by atoms with Crippen molar-refractivity contribution in [2.75, 3.05) is 0 Å². The lowest BCUT2D eigenvalue weighted by Crippen LogP contribution is -2.16. The van der Waals surface area contributed by atoms with Crippen molar-refractivity contribution < 1.29 is 119 Å². The minimum atomic E-state index is -5.97. The van der Waals surface area contributed by atoms with Crippen molar-refractivity contribution in [3.63, 3.8) is 0 Å². The zero-order chi connectivity index (χ0) is 73.1. The first-order chi connectivity index (χ1) is 46.0. The lowest BCUT2D eigenvalue weighted by Gasteiger charge is -2.23. The molecule has 0 aliphatic carbocycles. The first kappa shape index (κ1) is 69.6. The van der Waals surface area contributed by atoms with Gasteiger partial charge >= 0.3 is 55.6 Å². The zero-order valence-electron chi connectivity index (χ0n) is 49.5. The molecule has 0 aliphatic rings. The van der Waals surface area contributed by atoms with E-state index in [4.69, 9.17) is 0 Å². The largest absolute Gasteiger partial charge is 0.420 e. The number of nitrogens with zero attached hydrogens (tertiary/aromatic N) is 5. The Balaban J connectivity index is 1.29. The maximum absolute atomic E-state index is 17.5. The fraction of sp³-hybridized carbons (Fsp3) is 0.162. The zero-order valence-corrected chi connectivity index (χ0v) is 49.5. The van der Waals surface area contributed by atoms with Crippen molar-refractivity contribution in [3.05, 3.63) is 219 Å². The first-order valence-corrected chi connectivity index (χ1v) is 28.3. The molecule has 3 aromatic heterocycles. The number of hydrogen-bond acceptors (Lipinski definition) is 3. The Kier molecular flexibility index (Phi) is 16.1. The third-order valence-corrected chi connectivity index (χ3v) is 16.2. The van der Waals surface area contributed by atoms with Crippen LogP contribution in [0.25, 0.3) is 111 Å². The minimum absolute atomic E-state index is 0.181. The van der Waals surface area contributed by atoms with Gasteiger partial charge in [0.05, 0.1) is 77.9 Å². The van der Waals surface area contributed by atoms with Crippen LogP contribution in [0.1, 0.15) is 61.7 Å². The van der Waals surface area contributed by atoms with Crippen LogP contribution in [0.15, 0.2) is 158 Å². The van der Waals surface area contributed by atoms with Crippen LogP contribution in [-0.4, -0.2) is 24.1 Å². The van der Waals surface area contributed by atoms with Crippen molar-refractivity contribution >= 4 is 43.6 Å². The van der Waals surface area contributed by atoms with Crippen molar-refractivity contribution in [1.29, 1.82) is 0 Å². The predicted molar refractivity (Wildman–Crippen MR) is 310 cm³/mol. The van der Waals surface area contributed by atoms with Gasteiger partial charge in [0.15, 0.2) is 5.82 Å². The summed E-state index contributed by atoms with van der Waals surface area (Å²) in [6, 6.07) is 12.8. The molecule has 0 saturated carbocycles. The number of halogens is 27. The van der Waals surface area contributed by atoms with E-state index in [9.17, 15) is 105 Å². The summed E-state index contributed by atoms with van der Waals surface area (Å²) in [6.07, 6.45) is -50.1. The molecule has 12 aromatic rings. The van der Waals surface area contributed by atoms with E-state index in [1.54, 1.807) is 0 Å². The van der Waals surface area contributed by atoms with Gasteiger partial charge in [-0.25, -0.2) is 15.0 Å². The van der Waals surface area contributed by atoms with Gasteiger partial charge in [-0.3, -0.25) is 0 Å². The average molecular weight is 1430 g/mol. The van der Waals surface area contributed by atoms with Gasteiger partial charge in [0.25, 0.3) is 0 Å². The Hall–Kier alpha value is -10.3. The molecule has 0 radical (unpaired) electrons. The minimum Gasteiger partial charge on any atom is -0.308 e. The van der Waals surface area contributed by atoms with Crippen LogP contribution in [0.4, 0.5) is 119 Å². The Labute approximate surface area is 541 Å². The van der Waals surface area contributed by atoms with Gasteiger partial charge in [-0.15, -0.1) is 0 Å². The fourth-order valence-corrected chi connectivity index (χ4v) is 11.9. The van der Waals surface area contributed by atoms with E-state index < -0.39 is 195 Å². The summed E-state index contributed by atoms with van der Waals surface area (Å²) in [5.41, 5.74) is -29.1. The molecule has 0 spiro atoms. The molecule has 0 bridgehead atoms. The molecular weight excluding hydrogens is 1400 g/mol. The Morgan fingerprint density at radius 1 is 0.220 bits per heavy atom. The molecule has 0 atom stereocenters. The summed E-state index contributed by atoms with van der Waals surface area (Å²) in [4.78, 5) is 12.6. The fourth-order valence-electron chi connectivity index (χ4n) is 11.9. The third-order valence-electron chi connectivity index (χ3n) is 16.2. The van der Waals surface area contributed by atoms with Crippen LogP contribution in [0.3, 0.4) is 0 Å². The molecule has 32 heteroatoms. The molecule has 12 rings (SSSR count). The SMILES string of the molecule is Cc1nc(C)nc(-c2cc(-n3c4cc(-c5cc(C(F)(F)F)cc(C(F)(F)F)c5)ccc4c4ccc(-c5cc(C(F)(F)F)cc(C(F)(F)F)c5)cc43)c(C(F)(F)F)c(-n3c4cc(-c5cc(C(F)(F)F)cc(C(F)(F)F)c5)ccc4c4ccc(-c5cc(C(F)(F)F)cc(C(F)(F)F)c5)cc43)c2)n1. The number of rotatable bonds is 7. The number of aryl methyl sites for hydroxylation is 2. The van der Waals surface area contributed by atoms with Crippen LogP contribution in [-0.2, 0) is 55.6 Å². The highest BCUT2D eigenvalue weighted by Crippen LogP contribution is 2.51. The van der Waals surface area contributed by atoms with E-state index in [2.05, 4.69) is 15.0 Å². The van der Waals surface area contributed by atoms with Gasteiger partial charge in [0, 0.05) is 27.1 Å². The van der Waals surface area contributed by atoms with Crippen molar-refractivity contribution in [3.8, 4) is 67.3 Å². The molecule has 0 fully saturated rings. The number of fused-ring (bicyclic) bond motifs is 6. The molecule has 100 heavy (non-hydrogen) atoms. The maximum atomic E-state index is 17.5. The molecule has 0 aliphatic heterocycles.